The Morgan fingerprint density at radius 1 is 1.60 bits per heavy atom. The van der Waals surface area contributed by atoms with Gasteiger partial charge in [0.1, 0.15) is 0 Å². The molecule has 0 heterocycles. The number of hydrogen-bond acceptors (Lipinski definition) is 2. The second-order valence-electron chi connectivity index (χ2n) is 2.08. The van der Waals surface area contributed by atoms with E-state index in [4.69, 9.17) is 5.11 Å². The summed E-state index contributed by atoms with van der Waals surface area (Å²) in [5.41, 5.74) is 1.16. The summed E-state index contributed by atoms with van der Waals surface area (Å²) in [7, 11) is 0. The Morgan fingerprint density at radius 3 is 2.40 bits per heavy atom. The van der Waals surface area contributed by atoms with E-state index in [1.54, 1.807) is 6.92 Å². The summed E-state index contributed by atoms with van der Waals surface area (Å²) in [4.78, 5) is 10.1. The number of nitrogens with one attached hydrogen (secondary N) is 1. The van der Waals surface area contributed by atoms with Gasteiger partial charge >= 0.3 is 5.97 Å². The van der Waals surface area contributed by atoms with Crippen LogP contribution in [0.4, 0.5) is 0 Å². The summed E-state index contributed by atoms with van der Waals surface area (Å²) in [6.07, 6.45) is -0.0626. The van der Waals surface area contributed by atoms with E-state index >= 15 is 0 Å². The zero-order valence-corrected chi connectivity index (χ0v) is 5.98. The first-order valence-electron chi connectivity index (χ1n) is 2.84. The summed E-state index contributed by atoms with van der Waals surface area (Å²) >= 11 is 0. The predicted molar refractivity (Wildman–Crippen MR) is 39.3 cm³/mol. The molecule has 3 nitrogen and oxygen atoms in total. The second kappa shape index (κ2) is 3.71. The van der Waals surface area contributed by atoms with E-state index in [9.17, 15) is 4.79 Å². The third-order valence-electron chi connectivity index (χ3n) is 0.755. The molecule has 2 N–H and O–H groups in total. The number of hydrogen-bond donors (Lipinski definition) is 2. The molecule has 3 heteroatoms. The van der Waals surface area contributed by atoms with Crippen molar-refractivity contribution in [2.45, 2.75) is 13.3 Å². The van der Waals surface area contributed by atoms with Crippen LogP contribution >= 0.6 is 0 Å². The fraction of sp³-hybridized carbons (Fsp3) is 0.286. The molecule has 0 rings (SSSR count). The van der Waals surface area contributed by atoms with Gasteiger partial charge in [0.05, 0.1) is 6.42 Å². The molecule has 0 bridgehead atoms. The summed E-state index contributed by atoms with van der Waals surface area (Å²) in [6, 6.07) is 0. The fourth-order valence-corrected chi connectivity index (χ4v) is 0.529. The monoisotopic (exact) mass is 141 g/mol. The SMILES string of the molecule is C=C(C)NC(=C)CC(=O)O. The molecule has 10 heavy (non-hydrogen) atoms. The third-order valence-corrected chi connectivity index (χ3v) is 0.755. The molecular weight excluding hydrogens is 130 g/mol. The van der Waals surface area contributed by atoms with Crippen molar-refractivity contribution in [1.82, 2.24) is 5.32 Å². The largest absolute Gasteiger partial charge is 0.481 e. The van der Waals surface area contributed by atoms with Crippen LogP contribution in [0.25, 0.3) is 0 Å². The molecule has 0 aliphatic heterocycles. The first-order valence-corrected chi connectivity index (χ1v) is 2.84. The molecule has 0 aromatic carbocycles. The lowest BCUT2D eigenvalue weighted by molar-refractivity contribution is -0.136. The Balaban J connectivity index is 3.65. The molecule has 0 fully saturated rings. The maximum absolute atomic E-state index is 10.1. The van der Waals surface area contributed by atoms with Gasteiger partial charge in [-0.25, -0.2) is 0 Å². The van der Waals surface area contributed by atoms with Crippen molar-refractivity contribution < 1.29 is 9.90 Å². The van der Waals surface area contributed by atoms with E-state index in [1.807, 2.05) is 0 Å². The molecule has 0 saturated heterocycles. The van der Waals surface area contributed by atoms with Gasteiger partial charge in [0.25, 0.3) is 0 Å². The molecule has 0 radical (unpaired) electrons. The van der Waals surface area contributed by atoms with E-state index in [1.165, 1.54) is 0 Å². The number of aliphatic carboxylic acids is 1. The van der Waals surface area contributed by atoms with Crippen LogP contribution in [0.2, 0.25) is 0 Å². The summed E-state index contributed by atoms with van der Waals surface area (Å²) in [6.45, 7) is 8.76. The summed E-state index contributed by atoms with van der Waals surface area (Å²) in [5, 5.41) is 11.0. The van der Waals surface area contributed by atoms with Gasteiger partial charge in [-0.05, 0) is 6.92 Å². The van der Waals surface area contributed by atoms with E-state index in [2.05, 4.69) is 18.5 Å². The minimum atomic E-state index is -0.890. The Bertz CT molecular complexity index is 154. The van der Waals surface area contributed by atoms with Crippen molar-refractivity contribution in [1.29, 1.82) is 0 Å². The molecule has 0 aliphatic carbocycles. The molecular formula is C7H11NO2. The van der Waals surface area contributed by atoms with Crippen molar-refractivity contribution in [2.75, 3.05) is 0 Å². The predicted octanol–water partition coefficient (Wildman–Crippen LogP) is 1.10. The maximum Gasteiger partial charge on any atom is 0.309 e. The molecule has 0 saturated carbocycles. The van der Waals surface area contributed by atoms with Gasteiger partial charge < -0.3 is 10.4 Å². The average Bonchev–Trinajstić information content (AvgIpc) is 1.58. The molecule has 56 valence electrons. The maximum atomic E-state index is 10.1. The molecule has 0 aromatic rings. The van der Waals surface area contributed by atoms with Crippen LogP contribution in [0.5, 0.6) is 0 Å². The summed E-state index contributed by atoms with van der Waals surface area (Å²) in [5.74, 6) is -0.890. The molecule has 0 aromatic heterocycles. The lowest BCUT2D eigenvalue weighted by Crippen LogP contribution is -2.11. The van der Waals surface area contributed by atoms with Gasteiger partial charge in [-0.3, -0.25) is 4.79 Å². The van der Waals surface area contributed by atoms with E-state index in [0.717, 1.165) is 0 Å². The lowest BCUT2D eigenvalue weighted by atomic mass is 10.3. The van der Waals surface area contributed by atoms with Crippen molar-refractivity contribution in [3.05, 3.63) is 24.6 Å². The highest BCUT2D eigenvalue weighted by atomic mass is 16.4. The zero-order valence-electron chi connectivity index (χ0n) is 5.98. The minimum absolute atomic E-state index is 0.0626. The number of carbonyl (C=O) groups is 1. The van der Waals surface area contributed by atoms with Crippen molar-refractivity contribution in [2.24, 2.45) is 0 Å². The standard InChI is InChI=1S/C7H11NO2/c1-5(2)8-6(3)4-7(9)10/h8H,1,3-4H2,2H3,(H,9,10). The molecule has 0 spiro atoms. The van der Waals surface area contributed by atoms with Crippen molar-refractivity contribution in [3.8, 4) is 0 Å². The van der Waals surface area contributed by atoms with E-state index < -0.39 is 5.97 Å². The fourth-order valence-electron chi connectivity index (χ4n) is 0.529. The van der Waals surface area contributed by atoms with Crippen molar-refractivity contribution in [3.63, 3.8) is 0 Å². The molecule has 0 atom stereocenters. The van der Waals surface area contributed by atoms with Crippen LogP contribution in [0.3, 0.4) is 0 Å². The van der Waals surface area contributed by atoms with Crippen LogP contribution < -0.4 is 5.32 Å². The quantitative estimate of drug-likeness (QED) is 0.616. The first kappa shape index (κ1) is 8.75. The minimum Gasteiger partial charge on any atom is -0.481 e. The highest BCUT2D eigenvalue weighted by molar-refractivity contribution is 5.69. The van der Waals surface area contributed by atoms with Crippen LogP contribution in [0.1, 0.15) is 13.3 Å². The smallest absolute Gasteiger partial charge is 0.309 e. The van der Waals surface area contributed by atoms with E-state index in [0.29, 0.717) is 11.4 Å². The second-order valence-corrected chi connectivity index (χ2v) is 2.08. The molecule has 0 unspecified atom stereocenters. The number of rotatable bonds is 4. The van der Waals surface area contributed by atoms with Gasteiger partial charge in [-0.1, -0.05) is 13.2 Å². The van der Waals surface area contributed by atoms with Crippen LogP contribution in [-0.4, -0.2) is 11.1 Å². The summed E-state index contributed by atoms with van der Waals surface area (Å²) < 4.78 is 0. The van der Waals surface area contributed by atoms with Gasteiger partial charge in [0.2, 0.25) is 0 Å². The van der Waals surface area contributed by atoms with Crippen molar-refractivity contribution >= 4 is 5.97 Å². The normalized spacial score (nSPS) is 8.50. The highest BCUT2D eigenvalue weighted by Crippen LogP contribution is 1.94. The Labute approximate surface area is 60.1 Å². The number of carboxylic acids is 1. The van der Waals surface area contributed by atoms with Gasteiger partial charge in [0.15, 0.2) is 0 Å². The Hall–Kier alpha value is -1.25. The Kier molecular flexibility index (Phi) is 3.25. The number of carboxylic acid groups (broad SMARTS) is 1. The first-order chi connectivity index (χ1) is 4.52. The van der Waals surface area contributed by atoms with E-state index in [-0.39, 0.29) is 6.42 Å². The highest BCUT2D eigenvalue weighted by Gasteiger charge is 1.99. The van der Waals surface area contributed by atoms with Gasteiger partial charge in [-0.2, -0.15) is 0 Å². The molecule has 0 aliphatic rings. The van der Waals surface area contributed by atoms with Gasteiger partial charge in [-0.15, -0.1) is 0 Å². The topological polar surface area (TPSA) is 49.3 Å². The van der Waals surface area contributed by atoms with Crippen LogP contribution in [0, 0.1) is 0 Å². The van der Waals surface area contributed by atoms with Gasteiger partial charge in [0, 0.05) is 11.4 Å². The molecule has 0 amide bonds. The third kappa shape index (κ3) is 4.90. The van der Waals surface area contributed by atoms with Crippen LogP contribution in [0.15, 0.2) is 24.6 Å². The number of allylic oxidation sites excluding steroid dienone is 1. The lowest BCUT2D eigenvalue weighted by Gasteiger charge is -2.04. The zero-order chi connectivity index (χ0) is 8.15. The Morgan fingerprint density at radius 2 is 2.10 bits per heavy atom. The van der Waals surface area contributed by atoms with Crippen LogP contribution in [-0.2, 0) is 4.79 Å². The average molecular weight is 141 g/mol.